The highest BCUT2D eigenvalue weighted by Gasteiger charge is 2.35. The van der Waals surface area contributed by atoms with Crippen molar-refractivity contribution < 1.29 is 30.6 Å². The van der Waals surface area contributed by atoms with Crippen LogP contribution >= 0.6 is 0 Å². The minimum absolute atomic E-state index is 0.283. The van der Waals surface area contributed by atoms with Gasteiger partial charge in [-0.1, -0.05) is 36.4 Å². The second kappa shape index (κ2) is 12.3. The van der Waals surface area contributed by atoms with Gasteiger partial charge in [0.15, 0.2) is 0 Å². The molecule has 180 valence electrons. The van der Waals surface area contributed by atoms with E-state index in [1.807, 2.05) is 64.1 Å². The van der Waals surface area contributed by atoms with Crippen LogP contribution in [0.15, 0.2) is 53.8 Å². The van der Waals surface area contributed by atoms with E-state index in [1.165, 1.54) is 0 Å². The Morgan fingerprint density at radius 3 is 1.73 bits per heavy atom. The van der Waals surface area contributed by atoms with Crippen LogP contribution in [0.5, 0.6) is 0 Å². The molecule has 5 atom stereocenters. The SMILES string of the molecule is Cc1cccc(C)c1CC=C=C(Cc1c(C)cccc1C)C(O)[C@@H](O)[C@@H](O)[C@H](O)[C@@H](O)CO. The molecule has 6 nitrogen and oxygen atoms in total. The number of rotatable bonds is 10. The molecule has 2 aromatic rings. The first-order chi connectivity index (χ1) is 15.6. The van der Waals surface area contributed by atoms with Gasteiger partial charge in [-0.3, -0.25) is 0 Å². The molecule has 0 amide bonds. The maximum absolute atomic E-state index is 10.9. The monoisotopic (exact) mass is 456 g/mol. The Kier molecular flexibility index (Phi) is 10.0. The van der Waals surface area contributed by atoms with Crippen molar-refractivity contribution in [3.05, 3.63) is 87.2 Å². The number of hydrogen-bond acceptors (Lipinski definition) is 6. The summed E-state index contributed by atoms with van der Waals surface area (Å²) in [6, 6.07) is 11.9. The minimum atomic E-state index is -1.87. The van der Waals surface area contributed by atoms with Gasteiger partial charge in [0.25, 0.3) is 0 Å². The van der Waals surface area contributed by atoms with Gasteiger partial charge in [-0.25, -0.2) is 0 Å². The van der Waals surface area contributed by atoms with E-state index in [-0.39, 0.29) is 6.42 Å². The molecule has 1 unspecified atom stereocenters. The second-order valence-electron chi connectivity index (χ2n) is 8.66. The van der Waals surface area contributed by atoms with Crippen molar-refractivity contribution in [2.45, 2.75) is 71.1 Å². The third-order valence-electron chi connectivity index (χ3n) is 6.21. The lowest BCUT2D eigenvalue weighted by Gasteiger charge is -2.29. The van der Waals surface area contributed by atoms with Gasteiger partial charge in [0.1, 0.15) is 30.5 Å². The summed E-state index contributed by atoms with van der Waals surface area (Å²) in [5, 5.41) is 60.4. The fraction of sp³-hybridized carbons (Fsp3) is 0.444. The lowest BCUT2D eigenvalue weighted by molar-refractivity contribution is -0.134. The van der Waals surface area contributed by atoms with E-state index in [0.29, 0.717) is 12.0 Å². The molecule has 0 aliphatic carbocycles. The Bertz CT molecular complexity index is 952. The fourth-order valence-electron chi connectivity index (χ4n) is 3.94. The number of hydrogen-bond donors (Lipinski definition) is 6. The van der Waals surface area contributed by atoms with Gasteiger partial charge in [0, 0.05) is 12.0 Å². The zero-order valence-corrected chi connectivity index (χ0v) is 19.7. The largest absolute Gasteiger partial charge is 0.394 e. The van der Waals surface area contributed by atoms with Gasteiger partial charge < -0.3 is 30.6 Å². The predicted molar refractivity (Wildman–Crippen MR) is 128 cm³/mol. The van der Waals surface area contributed by atoms with E-state index in [0.717, 1.165) is 33.4 Å². The summed E-state index contributed by atoms with van der Waals surface area (Å²) in [4.78, 5) is 0. The van der Waals surface area contributed by atoms with Crippen LogP contribution in [-0.4, -0.2) is 67.8 Å². The Balaban J connectivity index is 2.42. The molecule has 6 heteroatoms. The quantitative estimate of drug-likeness (QED) is 0.302. The topological polar surface area (TPSA) is 121 Å². The molecular formula is C27H36O6. The van der Waals surface area contributed by atoms with Crippen molar-refractivity contribution in [3.63, 3.8) is 0 Å². The van der Waals surface area contributed by atoms with Crippen molar-refractivity contribution in [1.82, 2.24) is 0 Å². The molecule has 2 rings (SSSR count). The number of aliphatic hydroxyl groups is 6. The highest BCUT2D eigenvalue weighted by molar-refractivity contribution is 5.38. The van der Waals surface area contributed by atoms with Crippen molar-refractivity contribution in [2.75, 3.05) is 6.61 Å². The Morgan fingerprint density at radius 1 is 0.758 bits per heavy atom. The van der Waals surface area contributed by atoms with Crippen LogP contribution in [0.1, 0.15) is 33.4 Å². The maximum atomic E-state index is 10.9. The fourth-order valence-corrected chi connectivity index (χ4v) is 3.94. The summed E-state index contributed by atoms with van der Waals surface area (Å²) < 4.78 is 0. The third-order valence-corrected chi connectivity index (χ3v) is 6.21. The summed E-state index contributed by atoms with van der Waals surface area (Å²) in [5.41, 5.74) is 9.89. The van der Waals surface area contributed by atoms with Gasteiger partial charge >= 0.3 is 0 Å². The smallest absolute Gasteiger partial charge is 0.113 e. The summed E-state index contributed by atoms with van der Waals surface area (Å²) in [5.74, 6) is 0. The van der Waals surface area contributed by atoms with Crippen LogP contribution < -0.4 is 0 Å². The van der Waals surface area contributed by atoms with Crippen LogP contribution in [0, 0.1) is 27.7 Å². The van der Waals surface area contributed by atoms with Gasteiger partial charge in [0.2, 0.25) is 0 Å². The van der Waals surface area contributed by atoms with Crippen LogP contribution in [-0.2, 0) is 12.8 Å². The molecule has 2 aromatic carbocycles. The van der Waals surface area contributed by atoms with Crippen LogP contribution in [0.4, 0.5) is 0 Å². The van der Waals surface area contributed by atoms with Crippen molar-refractivity contribution in [2.24, 2.45) is 0 Å². The molecule has 0 bridgehead atoms. The van der Waals surface area contributed by atoms with E-state index >= 15 is 0 Å². The number of aliphatic hydroxyl groups excluding tert-OH is 6. The van der Waals surface area contributed by atoms with Crippen molar-refractivity contribution in [3.8, 4) is 0 Å². The van der Waals surface area contributed by atoms with Gasteiger partial charge in [-0.05, 0) is 73.6 Å². The summed E-state index contributed by atoms with van der Waals surface area (Å²) in [6.45, 7) is 7.18. The van der Waals surface area contributed by atoms with E-state index in [9.17, 15) is 25.5 Å². The summed E-state index contributed by atoms with van der Waals surface area (Å²) >= 11 is 0. The van der Waals surface area contributed by atoms with Gasteiger partial charge in [-0.2, -0.15) is 0 Å². The molecule has 0 fully saturated rings. The molecule has 0 spiro atoms. The Morgan fingerprint density at radius 2 is 1.24 bits per heavy atom. The highest BCUT2D eigenvalue weighted by Crippen LogP contribution is 2.22. The molecule has 0 aliphatic heterocycles. The van der Waals surface area contributed by atoms with Gasteiger partial charge in [-0.15, -0.1) is 5.73 Å². The van der Waals surface area contributed by atoms with E-state index in [2.05, 4.69) is 5.73 Å². The van der Waals surface area contributed by atoms with E-state index < -0.39 is 37.1 Å². The molecule has 33 heavy (non-hydrogen) atoms. The Hall–Kier alpha value is -2.28. The van der Waals surface area contributed by atoms with E-state index in [1.54, 1.807) is 6.08 Å². The van der Waals surface area contributed by atoms with Crippen LogP contribution in [0.2, 0.25) is 0 Å². The minimum Gasteiger partial charge on any atom is -0.394 e. The molecule has 0 heterocycles. The molecule has 0 aromatic heterocycles. The molecule has 0 saturated heterocycles. The van der Waals surface area contributed by atoms with E-state index in [4.69, 9.17) is 5.11 Å². The summed E-state index contributed by atoms with van der Waals surface area (Å²) in [7, 11) is 0. The first-order valence-electron chi connectivity index (χ1n) is 11.1. The Labute approximate surface area is 195 Å². The third kappa shape index (κ3) is 6.85. The van der Waals surface area contributed by atoms with Gasteiger partial charge in [0.05, 0.1) is 6.61 Å². The molecule has 6 N–H and O–H groups in total. The number of benzene rings is 2. The lowest BCUT2D eigenvalue weighted by atomic mass is 9.89. The first-order valence-corrected chi connectivity index (χ1v) is 11.1. The van der Waals surface area contributed by atoms with Crippen molar-refractivity contribution in [1.29, 1.82) is 0 Å². The van der Waals surface area contributed by atoms with Crippen LogP contribution in [0.25, 0.3) is 0 Å². The second-order valence-corrected chi connectivity index (χ2v) is 8.66. The van der Waals surface area contributed by atoms with Crippen LogP contribution in [0.3, 0.4) is 0 Å². The average molecular weight is 457 g/mol. The standard InChI is InChI=1S/C27H36O6/c1-16-8-5-9-17(2)21(16)13-7-12-20(14-22-18(3)10-6-11-19(22)4)24(30)26(32)27(33)25(31)23(29)15-28/h5-11,23-33H,13-15H2,1-4H3/t12?,23-,24?,25+,26+,27-/m0/s1. The molecular weight excluding hydrogens is 420 g/mol. The molecule has 0 radical (unpaired) electrons. The van der Waals surface area contributed by atoms with Crippen molar-refractivity contribution >= 4 is 0 Å². The molecule has 0 aliphatic rings. The lowest BCUT2D eigenvalue weighted by Crippen LogP contribution is -2.50. The maximum Gasteiger partial charge on any atom is 0.113 e. The highest BCUT2D eigenvalue weighted by atomic mass is 16.4. The summed E-state index contributed by atoms with van der Waals surface area (Å²) in [6.07, 6.45) is -6.02. The average Bonchev–Trinajstić information content (AvgIpc) is 2.79. The zero-order valence-electron chi connectivity index (χ0n) is 19.7. The normalized spacial score (nSPS) is 15.8. The zero-order chi connectivity index (χ0) is 24.7. The predicted octanol–water partition coefficient (Wildman–Crippen LogP) is 1.58. The molecule has 0 saturated carbocycles. The number of aryl methyl sites for hydroxylation is 4. The first kappa shape index (κ1) is 27.0.